The van der Waals surface area contributed by atoms with E-state index in [0.717, 1.165) is 25.1 Å². The number of imidazole rings is 1. The third-order valence-electron chi connectivity index (χ3n) is 2.20. The topological polar surface area (TPSA) is 100 Å². The molecule has 4 N–H and O–H groups in total. The number of unbranched alkanes of at least 4 members (excludes halogenated alkanes) is 1. The van der Waals surface area contributed by atoms with Gasteiger partial charge >= 0.3 is 0 Å². The third-order valence-corrected chi connectivity index (χ3v) is 2.20. The highest BCUT2D eigenvalue weighted by Gasteiger charge is 2.07. The molecule has 0 aliphatic rings. The number of aryl methyl sites for hydroxylation is 1. The Hall–Kier alpha value is -1.85. The average molecular weight is 207 g/mol. The molecule has 2 heterocycles. The van der Waals surface area contributed by atoms with Crippen LogP contribution in [-0.2, 0) is 6.42 Å². The van der Waals surface area contributed by atoms with Crippen molar-refractivity contribution in [2.24, 2.45) is 0 Å². The van der Waals surface area contributed by atoms with Gasteiger partial charge in [0.15, 0.2) is 11.2 Å². The summed E-state index contributed by atoms with van der Waals surface area (Å²) in [5.41, 5.74) is 5.93. The Morgan fingerprint density at radius 1 is 1.33 bits per heavy atom. The number of nitrogen functional groups attached to an aromatic ring is 1. The van der Waals surface area contributed by atoms with Crippen LogP contribution in [0.2, 0.25) is 0 Å². The number of rotatable bonds is 3. The number of H-pyrrole nitrogens is 2. The first kappa shape index (κ1) is 9.70. The zero-order valence-corrected chi connectivity index (χ0v) is 8.50. The second-order valence-electron chi connectivity index (χ2n) is 3.44. The maximum absolute atomic E-state index is 11.4. The number of hydrogen-bond acceptors (Lipinski definition) is 4. The molecule has 0 unspecified atom stereocenters. The molecular formula is C9H13N5O. The molecule has 0 fully saturated rings. The van der Waals surface area contributed by atoms with Crippen molar-refractivity contribution in [1.82, 2.24) is 19.9 Å². The normalized spacial score (nSPS) is 11.0. The van der Waals surface area contributed by atoms with Crippen molar-refractivity contribution >= 4 is 17.1 Å². The van der Waals surface area contributed by atoms with Gasteiger partial charge in [-0.1, -0.05) is 13.3 Å². The van der Waals surface area contributed by atoms with Crippen molar-refractivity contribution in [2.75, 3.05) is 5.73 Å². The minimum Gasteiger partial charge on any atom is -0.369 e. The molecule has 80 valence electrons. The quantitative estimate of drug-likeness (QED) is 0.684. The predicted molar refractivity (Wildman–Crippen MR) is 57.5 cm³/mol. The van der Waals surface area contributed by atoms with Gasteiger partial charge in [-0.15, -0.1) is 0 Å². The van der Waals surface area contributed by atoms with Crippen LogP contribution in [0.4, 0.5) is 5.95 Å². The van der Waals surface area contributed by atoms with E-state index in [1.165, 1.54) is 0 Å². The lowest BCUT2D eigenvalue weighted by atomic mass is 10.2. The number of aromatic nitrogens is 4. The summed E-state index contributed by atoms with van der Waals surface area (Å²) >= 11 is 0. The first-order valence-electron chi connectivity index (χ1n) is 4.95. The van der Waals surface area contributed by atoms with E-state index in [4.69, 9.17) is 5.73 Å². The van der Waals surface area contributed by atoms with E-state index in [-0.39, 0.29) is 11.5 Å². The monoisotopic (exact) mass is 207 g/mol. The van der Waals surface area contributed by atoms with Crippen molar-refractivity contribution in [3.05, 3.63) is 16.2 Å². The van der Waals surface area contributed by atoms with E-state index in [1.54, 1.807) is 0 Å². The number of nitrogens with one attached hydrogen (secondary N) is 2. The van der Waals surface area contributed by atoms with Crippen molar-refractivity contribution < 1.29 is 0 Å². The standard InChI is InChI=1S/C9H13N5O/c1-2-3-4-5-11-6-7(12-5)13-9(10)14-8(6)15/h2-4H2,1H3,(H4,10,11,12,13,14,15). The Morgan fingerprint density at radius 3 is 2.87 bits per heavy atom. The van der Waals surface area contributed by atoms with Crippen molar-refractivity contribution in [2.45, 2.75) is 26.2 Å². The molecule has 6 heteroatoms. The zero-order valence-electron chi connectivity index (χ0n) is 8.50. The van der Waals surface area contributed by atoms with Gasteiger partial charge in [-0.3, -0.25) is 9.78 Å². The summed E-state index contributed by atoms with van der Waals surface area (Å²) in [6.07, 6.45) is 2.95. The average Bonchev–Trinajstić information content (AvgIpc) is 2.57. The highest BCUT2D eigenvalue weighted by atomic mass is 16.1. The number of nitrogens with zero attached hydrogens (tertiary/aromatic N) is 2. The molecule has 0 saturated heterocycles. The Balaban J connectivity index is 2.46. The van der Waals surface area contributed by atoms with Gasteiger partial charge in [0.2, 0.25) is 5.95 Å². The SMILES string of the molecule is CCCCc1nc2nc(N)[nH]c(=O)c2[nH]1. The Morgan fingerprint density at radius 2 is 2.13 bits per heavy atom. The van der Waals surface area contributed by atoms with Crippen molar-refractivity contribution in [3.8, 4) is 0 Å². The molecule has 0 aliphatic heterocycles. The van der Waals surface area contributed by atoms with Crippen LogP contribution in [0.1, 0.15) is 25.6 Å². The molecule has 2 aromatic rings. The molecule has 6 nitrogen and oxygen atoms in total. The molecule has 0 aliphatic carbocycles. The maximum atomic E-state index is 11.4. The van der Waals surface area contributed by atoms with E-state index in [0.29, 0.717) is 11.2 Å². The van der Waals surface area contributed by atoms with E-state index in [9.17, 15) is 4.79 Å². The minimum atomic E-state index is -0.271. The molecule has 0 aromatic carbocycles. The summed E-state index contributed by atoms with van der Waals surface area (Å²) in [7, 11) is 0. The summed E-state index contributed by atoms with van der Waals surface area (Å²) in [5, 5.41) is 0. The van der Waals surface area contributed by atoms with Crippen LogP contribution >= 0.6 is 0 Å². The van der Waals surface area contributed by atoms with Crippen LogP contribution in [0, 0.1) is 0 Å². The molecule has 0 bridgehead atoms. The number of nitrogens with two attached hydrogens (primary N) is 1. The molecular weight excluding hydrogens is 194 g/mol. The van der Waals surface area contributed by atoms with E-state index in [1.807, 2.05) is 0 Å². The summed E-state index contributed by atoms with van der Waals surface area (Å²) in [5.74, 6) is 0.886. The lowest BCUT2D eigenvalue weighted by Crippen LogP contribution is -2.10. The number of aromatic amines is 2. The van der Waals surface area contributed by atoms with Crippen LogP contribution in [0.3, 0.4) is 0 Å². The van der Waals surface area contributed by atoms with Gasteiger partial charge in [0.05, 0.1) is 0 Å². The van der Waals surface area contributed by atoms with Crippen molar-refractivity contribution in [3.63, 3.8) is 0 Å². The van der Waals surface area contributed by atoms with E-state index in [2.05, 4.69) is 26.9 Å². The second-order valence-corrected chi connectivity index (χ2v) is 3.44. The van der Waals surface area contributed by atoms with Gasteiger partial charge in [0.25, 0.3) is 5.56 Å². The Kier molecular flexibility index (Phi) is 2.40. The summed E-state index contributed by atoms with van der Waals surface area (Å²) < 4.78 is 0. The van der Waals surface area contributed by atoms with Crippen LogP contribution < -0.4 is 11.3 Å². The Bertz CT molecular complexity index is 527. The van der Waals surface area contributed by atoms with Gasteiger partial charge in [0, 0.05) is 6.42 Å². The molecule has 15 heavy (non-hydrogen) atoms. The van der Waals surface area contributed by atoms with E-state index >= 15 is 0 Å². The van der Waals surface area contributed by atoms with Gasteiger partial charge < -0.3 is 10.7 Å². The fourth-order valence-electron chi connectivity index (χ4n) is 1.43. The Labute approximate surface area is 85.9 Å². The molecule has 0 atom stereocenters. The summed E-state index contributed by atoms with van der Waals surface area (Å²) in [6.45, 7) is 2.10. The molecule has 2 aromatic heterocycles. The molecule has 0 amide bonds. The molecule has 0 spiro atoms. The summed E-state index contributed by atoms with van der Waals surface area (Å²) in [6, 6.07) is 0. The maximum Gasteiger partial charge on any atom is 0.278 e. The second kappa shape index (κ2) is 3.72. The lowest BCUT2D eigenvalue weighted by Gasteiger charge is -1.90. The van der Waals surface area contributed by atoms with Crippen LogP contribution in [0.5, 0.6) is 0 Å². The lowest BCUT2D eigenvalue weighted by molar-refractivity contribution is 0.764. The number of fused-ring (bicyclic) bond motifs is 1. The van der Waals surface area contributed by atoms with Crippen LogP contribution in [0.25, 0.3) is 11.2 Å². The predicted octanol–water partition coefficient (Wildman–Crippen LogP) is 0.571. The van der Waals surface area contributed by atoms with Gasteiger partial charge in [-0.05, 0) is 6.42 Å². The smallest absolute Gasteiger partial charge is 0.278 e. The largest absolute Gasteiger partial charge is 0.369 e. The third kappa shape index (κ3) is 1.83. The fraction of sp³-hybridized carbons (Fsp3) is 0.444. The zero-order chi connectivity index (χ0) is 10.8. The van der Waals surface area contributed by atoms with Gasteiger partial charge in [-0.2, -0.15) is 4.98 Å². The van der Waals surface area contributed by atoms with Crippen LogP contribution in [0.15, 0.2) is 4.79 Å². The van der Waals surface area contributed by atoms with E-state index < -0.39 is 0 Å². The first-order chi connectivity index (χ1) is 7.20. The van der Waals surface area contributed by atoms with Crippen LogP contribution in [-0.4, -0.2) is 19.9 Å². The first-order valence-corrected chi connectivity index (χ1v) is 4.95. The molecule has 0 radical (unpaired) electrons. The summed E-state index contributed by atoms with van der Waals surface area (Å²) in [4.78, 5) is 25.0. The molecule has 2 rings (SSSR count). The minimum absolute atomic E-state index is 0.0982. The fourth-order valence-corrected chi connectivity index (χ4v) is 1.43. The highest BCUT2D eigenvalue weighted by Crippen LogP contribution is 2.07. The van der Waals surface area contributed by atoms with Crippen molar-refractivity contribution in [1.29, 1.82) is 0 Å². The van der Waals surface area contributed by atoms with Gasteiger partial charge in [0.1, 0.15) is 5.82 Å². The number of hydrogen-bond donors (Lipinski definition) is 3. The number of anilines is 1. The van der Waals surface area contributed by atoms with Gasteiger partial charge in [-0.25, -0.2) is 4.98 Å². The highest BCUT2D eigenvalue weighted by molar-refractivity contribution is 5.70. The molecule has 0 saturated carbocycles.